The van der Waals surface area contributed by atoms with Gasteiger partial charge in [0.1, 0.15) is 12.7 Å². The van der Waals surface area contributed by atoms with Crippen LogP contribution in [0.15, 0.2) is 97.2 Å². The van der Waals surface area contributed by atoms with E-state index in [1.807, 2.05) is 12.2 Å². The number of hydrogen-bond acceptors (Lipinski definition) is 10. The summed E-state index contributed by atoms with van der Waals surface area (Å²) in [6.45, 7) is 4.46. The van der Waals surface area contributed by atoms with Gasteiger partial charge in [-0.2, -0.15) is 0 Å². The van der Waals surface area contributed by atoms with Gasteiger partial charge in [0.15, 0.2) is 6.10 Å². The summed E-state index contributed by atoms with van der Waals surface area (Å²) in [5.74, 6) is -1.54. The number of rotatable bonds is 59. The number of unbranched alkanes of at least 4 members (excludes halogenated alkanes) is 26. The molecule has 0 saturated carbocycles. The molecule has 0 bridgehead atoms. The van der Waals surface area contributed by atoms with Crippen molar-refractivity contribution in [1.29, 1.82) is 0 Å². The molecule has 0 aliphatic heterocycles. The van der Waals surface area contributed by atoms with Gasteiger partial charge in [0.2, 0.25) is 0 Å². The zero-order valence-electron chi connectivity index (χ0n) is 51.0. The summed E-state index contributed by atoms with van der Waals surface area (Å²) in [6.07, 6.45) is 73.6. The third-order valence-electron chi connectivity index (χ3n) is 13.5. The highest BCUT2D eigenvalue weighted by Crippen LogP contribution is 2.43. The van der Waals surface area contributed by atoms with Crippen LogP contribution in [0, 0.1) is 0 Å². The summed E-state index contributed by atoms with van der Waals surface area (Å²) in [7, 11) is -4.78. The lowest BCUT2D eigenvalue weighted by atomic mass is 10.1. The third-order valence-corrected chi connectivity index (χ3v) is 14.4. The maximum absolute atomic E-state index is 13.0. The molecule has 0 fully saturated rings. The Morgan fingerprint density at radius 3 is 1.09 bits per heavy atom. The van der Waals surface area contributed by atoms with Gasteiger partial charge in [-0.15, -0.1) is 0 Å². The molecular weight excluding hydrogens is 1020 g/mol. The molecule has 0 amide bonds. The number of esters is 3. The van der Waals surface area contributed by atoms with Crippen LogP contribution in [0.5, 0.6) is 0 Å². The van der Waals surface area contributed by atoms with Crippen LogP contribution in [0.3, 0.4) is 0 Å². The molecule has 0 aromatic carbocycles. The van der Waals surface area contributed by atoms with Gasteiger partial charge in [-0.05, 0) is 116 Å². The van der Waals surface area contributed by atoms with Gasteiger partial charge < -0.3 is 24.2 Å². The van der Waals surface area contributed by atoms with Crippen LogP contribution in [-0.2, 0) is 42.2 Å². The van der Waals surface area contributed by atoms with Gasteiger partial charge in [-0.1, -0.05) is 240 Å². The van der Waals surface area contributed by atoms with E-state index in [4.69, 9.17) is 23.3 Å². The topological polar surface area (TPSA) is 155 Å². The van der Waals surface area contributed by atoms with Crippen LogP contribution in [0.1, 0.15) is 278 Å². The molecule has 3 atom stereocenters. The van der Waals surface area contributed by atoms with Crippen molar-refractivity contribution >= 4 is 25.7 Å². The molecule has 0 aliphatic rings. The van der Waals surface area contributed by atoms with E-state index >= 15 is 0 Å². The minimum Gasteiger partial charge on any atom is -0.462 e. The average molecular weight is 1140 g/mol. The fraction of sp³-hybridized carbons (Fsp3) is 0.721. The fourth-order valence-electron chi connectivity index (χ4n) is 8.59. The number of carbonyl (C=O) groups excluding carboxylic acids is 3. The van der Waals surface area contributed by atoms with Crippen LogP contribution in [0.2, 0.25) is 0 Å². The molecule has 0 radical (unpaired) electrons. The van der Waals surface area contributed by atoms with E-state index in [9.17, 15) is 28.9 Å². The van der Waals surface area contributed by atoms with Gasteiger partial charge in [-0.25, -0.2) is 4.57 Å². The molecule has 0 aliphatic carbocycles. The zero-order chi connectivity index (χ0) is 58.3. The third kappa shape index (κ3) is 59.0. The Morgan fingerprint density at radius 1 is 0.362 bits per heavy atom. The van der Waals surface area contributed by atoms with Crippen LogP contribution >= 0.6 is 7.82 Å². The maximum atomic E-state index is 13.0. The Bertz CT molecular complexity index is 1710. The Balaban J connectivity index is 4.77. The van der Waals surface area contributed by atoms with Crippen molar-refractivity contribution in [1.82, 2.24) is 0 Å². The molecule has 2 N–H and O–H groups in total. The van der Waals surface area contributed by atoms with E-state index in [-0.39, 0.29) is 25.9 Å². The van der Waals surface area contributed by atoms with Crippen molar-refractivity contribution in [2.75, 3.05) is 26.4 Å². The first-order valence-corrected chi connectivity index (χ1v) is 33.6. The van der Waals surface area contributed by atoms with E-state index < -0.39 is 57.8 Å². The maximum Gasteiger partial charge on any atom is 0.472 e. The van der Waals surface area contributed by atoms with Crippen LogP contribution in [0.4, 0.5) is 0 Å². The predicted molar refractivity (Wildman–Crippen MR) is 334 cm³/mol. The molecule has 0 spiro atoms. The SMILES string of the molecule is CC/C=C\C/C=C\C/C=C\C/C=C\C/C=C\CCCC(=O)OC(COC(=O)CCCCCCCCCCC/C=C\CCCCCCCC)COP(=O)(O)OCC(CO)OC(=O)CCCCCCCCC/C=C\C/C=C\CCCCC. The minimum absolute atomic E-state index is 0.0855. The molecule has 0 aromatic heterocycles. The van der Waals surface area contributed by atoms with Gasteiger partial charge in [-0.3, -0.25) is 23.4 Å². The second-order valence-corrected chi connectivity index (χ2v) is 22.6. The Morgan fingerprint density at radius 2 is 0.662 bits per heavy atom. The first kappa shape index (κ1) is 76.4. The number of aliphatic hydroxyl groups excluding tert-OH is 1. The number of allylic oxidation sites excluding steroid dienone is 16. The highest BCUT2D eigenvalue weighted by Gasteiger charge is 2.28. The zero-order valence-corrected chi connectivity index (χ0v) is 51.9. The summed E-state index contributed by atoms with van der Waals surface area (Å²) in [6, 6.07) is 0. The molecule has 0 heterocycles. The summed E-state index contributed by atoms with van der Waals surface area (Å²) in [5.41, 5.74) is 0. The van der Waals surface area contributed by atoms with E-state index in [0.29, 0.717) is 25.7 Å². The predicted octanol–water partition coefficient (Wildman–Crippen LogP) is 19.6. The highest BCUT2D eigenvalue weighted by molar-refractivity contribution is 7.47. The second-order valence-electron chi connectivity index (χ2n) is 21.2. The van der Waals surface area contributed by atoms with Gasteiger partial charge in [0.25, 0.3) is 0 Å². The van der Waals surface area contributed by atoms with Gasteiger partial charge >= 0.3 is 25.7 Å². The first-order valence-electron chi connectivity index (χ1n) is 32.1. The Hall–Kier alpha value is -3.60. The van der Waals surface area contributed by atoms with E-state index in [2.05, 4.69) is 106 Å². The number of ether oxygens (including phenoxy) is 3. The fourth-order valence-corrected chi connectivity index (χ4v) is 9.38. The molecule has 3 unspecified atom stereocenters. The highest BCUT2D eigenvalue weighted by atomic mass is 31.2. The number of phosphoric ester groups is 1. The Kier molecular flexibility index (Phi) is 58.7. The van der Waals surface area contributed by atoms with E-state index in [0.717, 1.165) is 89.9 Å². The van der Waals surface area contributed by atoms with Crippen molar-refractivity contribution in [3.8, 4) is 0 Å². The molecule has 0 rings (SSSR count). The number of phosphoric acid groups is 1. The lowest BCUT2D eigenvalue weighted by Crippen LogP contribution is -2.30. The molecule has 0 aromatic rings. The summed E-state index contributed by atoms with van der Waals surface area (Å²) in [5, 5.41) is 9.85. The number of aliphatic hydroxyl groups is 1. The molecule has 11 nitrogen and oxygen atoms in total. The summed E-state index contributed by atoms with van der Waals surface area (Å²) in [4.78, 5) is 48.7. The molecule has 80 heavy (non-hydrogen) atoms. The second kappa shape index (κ2) is 61.5. The van der Waals surface area contributed by atoms with Crippen molar-refractivity contribution < 1.29 is 52.2 Å². The molecule has 0 saturated heterocycles. The smallest absolute Gasteiger partial charge is 0.462 e. The minimum atomic E-state index is -4.78. The largest absolute Gasteiger partial charge is 0.472 e. The number of carbonyl (C=O) groups is 3. The molecular formula is C68H117O11P. The lowest BCUT2D eigenvalue weighted by Gasteiger charge is -2.21. The van der Waals surface area contributed by atoms with Crippen molar-refractivity contribution in [3.63, 3.8) is 0 Å². The first-order chi connectivity index (χ1) is 39.2. The molecule has 460 valence electrons. The normalized spacial score (nSPS) is 13.9. The summed E-state index contributed by atoms with van der Waals surface area (Å²) >= 11 is 0. The number of hydrogen-bond donors (Lipinski definition) is 2. The van der Waals surface area contributed by atoms with Crippen molar-refractivity contribution in [2.24, 2.45) is 0 Å². The van der Waals surface area contributed by atoms with Crippen LogP contribution < -0.4 is 0 Å². The van der Waals surface area contributed by atoms with Gasteiger partial charge in [0, 0.05) is 19.3 Å². The van der Waals surface area contributed by atoms with Crippen LogP contribution in [-0.4, -0.2) is 66.5 Å². The molecule has 12 heteroatoms. The van der Waals surface area contributed by atoms with E-state index in [1.54, 1.807) is 0 Å². The lowest BCUT2D eigenvalue weighted by molar-refractivity contribution is -0.161. The quantitative estimate of drug-likeness (QED) is 0.0197. The van der Waals surface area contributed by atoms with E-state index in [1.165, 1.54) is 122 Å². The summed E-state index contributed by atoms with van der Waals surface area (Å²) < 4.78 is 39.6. The van der Waals surface area contributed by atoms with Crippen molar-refractivity contribution in [3.05, 3.63) is 97.2 Å². The monoisotopic (exact) mass is 1140 g/mol. The Labute approximate surface area is 489 Å². The van der Waals surface area contributed by atoms with Crippen molar-refractivity contribution in [2.45, 2.75) is 290 Å². The van der Waals surface area contributed by atoms with Gasteiger partial charge in [0.05, 0.1) is 19.8 Å². The standard InChI is InChI=1S/C68H117O11P/c1-4-7-10-13-16-19-22-25-28-31-32-35-36-39-42-45-48-51-54-57-66(70)75-61-65(79-68(72)59-56-53-50-47-44-41-38-34-30-27-24-21-18-15-12-9-6-3)63-77-80(73,74)76-62-64(60-69)78-67(71)58-55-52-49-46-43-40-37-33-29-26-23-20-17-14-11-8-5-2/h9,12,17-18,20-21,25-30,38,41,47,50,64-65,69H,4-8,10-11,13-16,19,22-24,31-37,39-40,42-46,48-49,51-63H2,1-3H3,(H,73,74)/b12-9-,20-17-,21-18-,28-25-,29-26-,30-27-,41-38-,50-47-. The van der Waals surface area contributed by atoms with Crippen LogP contribution in [0.25, 0.3) is 0 Å². The average Bonchev–Trinajstić information content (AvgIpc) is 3.45.